The van der Waals surface area contributed by atoms with Crippen molar-refractivity contribution in [3.05, 3.63) is 52.5 Å². The molecule has 0 bridgehead atoms. The molecule has 1 fully saturated rings. The molecule has 0 spiro atoms. The Morgan fingerprint density at radius 3 is 2.24 bits per heavy atom. The van der Waals surface area contributed by atoms with Crippen LogP contribution < -0.4 is 9.47 Å². The van der Waals surface area contributed by atoms with Gasteiger partial charge in [-0.3, -0.25) is 4.79 Å². The van der Waals surface area contributed by atoms with Gasteiger partial charge < -0.3 is 14.4 Å². The molecule has 0 aliphatic carbocycles. The molecule has 1 amide bonds. The topological polar surface area (TPSA) is 76.2 Å². The second-order valence-corrected chi connectivity index (χ2v) is 9.72. The van der Waals surface area contributed by atoms with E-state index >= 15 is 0 Å². The Labute approximate surface area is 178 Å². The zero-order valence-electron chi connectivity index (χ0n) is 15.7. The quantitative estimate of drug-likeness (QED) is 0.674. The van der Waals surface area contributed by atoms with Crippen LogP contribution in [-0.2, 0) is 10.0 Å². The van der Waals surface area contributed by atoms with Gasteiger partial charge in [0.15, 0.2) is 11.5 Å². The number of hydrogen-bond donors (Lipinski definition) is 0. The second-order valence-electron chi connectivity index (χ2n) is 6.86. The van der Waals surface area contributed by atoms with E-state index in [1.54, 1.807) is 29.2 Å². The predicted octanol–water partition coefficient (Wildman–Crippen LogP) is 2.76. The van der Waals surface area contributed by atoms with E-state index < -0.39 is 10.0 Å². The lowest BCUT2D eigenvalue weighted by Gasteiger charge is -2.34. The summed E-state index contributed by atoms with van der Waals surface area (Å²) in [5.41, 5.74) is 0.590. The number of carbonyl (C=O) groups is 1. The molecule has 2 heterocycles. The number of fused-ring (bicyclic) bond motifs is 1. The number of carbonyl (C=O) groups excluding carboxylic acids is 1. The summed E-state index contributed by atoms with van der Waals surface area (Å²) >= 11 is 3.35. The van der Waals surface area contributed by atoms with Crippen molar-refractivity contribution in [1.29, 1.82) is 0 Å². The number of piperazine rings is 1. The first-order chi connectivity index (χ1) is 13.9. The third-order valence-corrected chi connectivity index (χ3v) is 7.40. The second kappa shape index (κ2) is 8.33. The minimum Gasteiger partial charge on any atom is -0.490 e. The Balaban J connectivity index is 1.45. The summed E-state index contributed by atoms with van der Waals surface area (Å²) in [6.45, 7) is 2.23. The van der Waals surface area contributed by atoms with Crippen LogP contribution in [0.4, 0.5) is 0 Å². The molecular formula is C20H21BrN2O5S. The van der Waals surface area contributed by atoms with Gasteiger partial charge >= 0.3 is 0 Å². The summed E-state index contributed by atoms with van der Waals surface area (Å²) in [5, 5.41) is 0. The molecule has 1 saturated heterocycles. The fourth-order valence-electron chi connectivity index (χ4n) is 3.36. The summed E-state index contributed by atoms with van der Waals surface area (Å²) in [4.78, 5) is 14.5. The van der Waals surface area contributed by atoms with Crippen LogP contribution in [0.5, 0.6) is 11.5 Å². The molecule has 4 rings (SSSR count). The molecule has 0 unspecified atom stereocenters. The minimum atomic E-state index is -3.67. The Hall–Kier alpha value is -2.10. The highest BCUT2D eigenvalue weighted by atomic mass is 79.9. The maximum atomic E-state index is 13.1. The molecule has 2 aliphatic rings. The minimum absolute atomic E-state index is 0.0925. The zero-order chi connectivity index (χ0) is 20.4. The van der Waals surface area contributed by atoms with Crippen LogP contribution in [0.2, 0.25) is 0 Å². The molecule has 29 heavy (non-hydrogen) atoms. The maximum absolute atomic E-state index is 13.1. The number of halogens is 1. The molecule has 7 nitrogen and oxygen atoms in total. The summed E-state index contributed by atoms with van der Waals surface area (Å²) in [6, 6.07) is 11.9. The highest BCUT2D eigenvalue weighted by molar-refractivity contribution is 9.10. The van der Waals surface area contributed by atoms with Gasteiger partial charge in [0.05, 0.1) is 18.1 Å². The van der Waals surface area contributed by atoms with Crippen LogP contribution in [0.15, 0.2) is 51.8 Å². The van der Waals surface area contributed by atoms with Gasteiger partial charge in [0.25, 0.3) is 5.91 Å². The third-order valence-electron chi connectivity index (χ3n) is 4.97. The summed E-state index contributed by atoms with van der Waals surface area (Å²) < 4.78 is 39.6. The van der Waals surface area contributed by atoms with Crippen molar-refractivity contribution in [2.45, 2.75) is 11.3 Å². The van der Waals surface area contributed by atoms with E-state index in [2.05, 4.69) is 15.9 Å². The molecule has 154 valence electrons. The van der Waals surface area contributed by atoms with E-state index in [1.165, 1.54) is 10.4 Å². The molecule has 0 saturated carbocycles. The fourth-order valence-corrected chi connectivity index (χ4v) is 5.06. The van der Waals surface area contributed by atoms with Crippen LogP contribution in [0, 0.1) is 0 Å². The van der Waals surface area contributed by atoms with Crippen LogP contribution >= 0.6 is 15.9 Å². The van der Waals surface area contributed by atoms with E-state index in [0.717, 1.165) is 10.9 Å². The maximum Gasteiger partial charge on any atom is 0.253 e. The Morgan fingerprint density at radius 2 is 1.55 bits per heavy atom. The van der Waals surface area contributed by atoms with Crippen molar-refractivity contribution in [2.75, 3.05) is 39.4 Å². The molecule has 2 aliphatic heterocycles. The number of amides is 1. The number of sulfonamides is 1. The molecule has 0 radical (unpaired) electrons. The Morgan fingerprint density at radius 1 is 0.897 bits per heavy atom. The number of rotatable bonds is 3. The molecule has 0 N–H and O–H groups in total. The highest BCUT2D eigenvalue weighted by Gasteiger charge is 2.31. The molecule has 0 aromatic heterocycles. The Bertz CT molecular complexity index is 1000. The first-order valence-corrected chi connectivity index (χ1v) is 11.6. The lowest BCUT2D eigenvalue weighted by Crippen LogP contribution is -2.50. The first-order valence-electron chi connectivity index (χ1n) is 9.40. The van der Waals surface area contributed by atoms with E-state index in [1.807, 2.05) is 12.1 Å². The van der Waals surface area contributed by atoms with Crippen LogP contribution in [0.25, 0.3) is 0 Å². The van der Waals surface area contributed by atoms with E-state index in [-0.39, 0.29) is 23.9 Å². The van der Waals surface area contributed by atoms with E-state index in [9.17, 15) is 13.2 Å². The van der Waals surface area contributed by atoms with Crippen molar-refractivity contribution in [2.24, 2.45) is 0 Å². The monoisotopic (exact) mass is 480 g/mol. The van der Waals surface area contributed by atoms with Crippen molar-refractivity contribution in [3.8, 4) is 11.5 Å². The smallest absolute Gasteiger partial charge is 0.253 e. The molecular weight excluding hydrogens is 460 g/mol. The number of ether oxygens (including phenoxy) is 2. The fraction of sp³-hybridized carbons (Fsp3) is 0.350. The van der Waals surface area contributed by atoms with Gasteiger partial charge in [-0.1, -0.05) is 15.9 Å². The zero-order valence-corrected chi connectivity index (χ0v) is 18.1. The van der Waals surface area contributed by atoms with Gasteiger partial charge in [-0.15, -0.1) is 0 Å². The standard InChI is InChI=1S/C20H21BrN2O5S/c21-16-4-2-15(3-5-16)20(24)22-8-10-23(11-9-22)29(25,26)17-6-7-18-19(14-17)28-13-1-12-27-18/h2-7,14H,1,8-13H2. The van der Waals surface area contributed by atoms with Crippen LogP contribution in [0.1, 0.15) is 16.8 Å². The molecule has 0 atom stereocenters. The van der Waals surface area contributed by atoms with Gasteiger partial charge in [0.2, 0.25) is 10.0 Å². The van der Waals surface area contributed by atoms with Crippen molar-refractivity contribution in [3.63, 3.8) is 0 Å². The van der Waals surface area contributed by atoms with E-state index in [4.69, 9.17) is 9.47 Å². The Kier molecular flexibility index (Phi) is 5.80. The normalized spacial score (nSPS) is 17.6. The van der Waals surface area contributed by atoms with Gasteiger partial charge in [-0.2, -0.15) is 4.31 Å². The number of nitrogens with zero attached hydrogens (tertiary/aromatic N) is 2. The highest BCUT2D eigenvalue weighted by Crippen LogP contribution is 2.33. The predicted molar refractivity (Wildman–Crippen MR) is 111 cm³/mol. The van der Waals surface area contributed by atoms with E-state index in [0.29, 0.717) is 43.4 Å². The van der Waals surface area contributed by atoms with Crippen molar-refractivity contribution >= 4 is 31.9 Å². The van der Waals surface area contributed by atoms with Gasteiger partial charge in [-0.25, -0.2) is 8.42 Å². The van der Waals surface area contributed by atoms with Gasteiger partial charge in [0, 0.05) is 48.7 Å². The molecule has 2 aromatic carbocycles. The summed E-state index contributed by atoms with van der Waals surface area (Å²) in [5.74, 6) is 0.920. The largest absolute Gasteiger partial charge is 0.490 e. The SMILES string of the molecule is O=C(c1ccc(Br)cc1)N1CCN(S(=O)(=O)c2ccc3c(c2)OCCCO3)CC1. The van der Waals surface area contributed by atoms with Crippen LogP contribution in [0.3, 0.4) is 0 Å². The molecule has 9 heteroatoms. The third kappa shape index (κ3) is 4.26. The van der Waals surface area contributed by atoms with Gasteiger partial charge in [-0.05, 0) is 36.4 Å². The lowest BCUT2D eigenvalue weighted by molar-refractivity contribution is 0.0698. The number of benzene rings is 2. The van der Waals surface area contributed by atoms with Gasteiger partial charge in [0.1, 0.15) is 0 Å². The van der Waals surface area contributed by atoms with Crippen molar-refractivity contribution in [1.82, 2.24) is 9.21 Å². The average Bonchev–Trinajstić information content (AvgIpc) is 2.99. The lowest BCUT2D eigenvalue weighted by atomic mass is 10.2. The van der Waals surface area contributed by atoms with Crippen LogP contribution in [-0.4, -0.2) is 62.9 Å². The average molecular weight is 481 g/mol. The summed E-state index contributed by atoms with van der Waals surface area (Å²) in [6.07, 6.45) is 0.755. The summed E-state index contributed by atoms with van der Waals surface area (Å²) in [7, 11) is -3.67. The van der Waals surface area contributed by atoms with Crippen molar-refractivity contribution < 1.29 is 22.7 Å². The molecule has 2 aromatic rings. The first kappa shape index (κ1) is 20.2. The number of hydrogen-bond acceptors (Lipinski definition) is 5.